The Balaban J connectivity index is -0.0000000675. The van der Waals surface area contributed by atoms with Crippen LogP contribution < -0.4 is 0 Å². The van der Waals surface area contributed by atoms with Crippen LogP contribution in [0.25, 0.3) is 0 Å². The molecule has 7 nitrogen and oxygen atoms in total. The Morgan fingerprint density at radius 2 is 1.00 bits per heavy atom. The topological polar surface area (TPSA) is 110 Å². The van der Waals surface area contributed by atoms with Gasteiger partial charge in [0.25, 0.3) is 0 Å². The van der Waals surface area contributed by atoms with Gasteiger partial charge in [-0.25, -0.2) is 14.4 Å². The van der Waals surface area contributed by atoms with E-state index < -0.39 is 18.5 Å². The first-order valence-corrected chi connectivity index (χ1v) is 1.88. The largest absolute Gasteiger partial charge is 0.528 e. The van der Waals surface area contributed by atoms with Gasteiger partial charge in [0.1, 0.15) is 0 Å². The van der Waals surface area contributed by atoms with Gasteiger partial charge >= 0.3 is 64.6 Å². The quantitative estimate of drug-likeness (QED) is 0.321. The molecule has 0 aliphatic heterocycles. The third-order valence-electron chi connectivity index (χ3n) is 0.341. The van der Waals surface area contributed by atoms with Crippen molar-refractivity contribution in [2.24, 2.45) is 0 Å². The average molecular weight is 333 g/mol. The van der Waals surface area contributed by atoms with E-state index in [1.165, 1.54) is 0 Å². The minimum Gasteiger partial charge on any atom is -0.449 e. The number of rotatable bonds is 0. The Bertz CT molecular complexity index is 168. The van der Waals surface area contributed by atoms with Crippen LogP contribution >= 0.6 is 0 Å². The summed E-state index contributed by atoms with van der Waals surface area (Å²) in [6.45, 7) is 0. The Labute approximate surface area is 136 Å². The van der Waals surface area contributed by atoms with Crippen molar-refractivity contribution in [1.82, 2.24) is 0 Å². The van der Waals surface area contributed by atoms with Gasteiger partial charge in [-0.05, 0) is 0 Å². The van der Waals surface area contributed by atoms with Gasteiger partial charge in [-0.15, -0.1) is 0 Å². The molecule has 0 amide bonds. The van der Waals surface area contributed by atoms with Crippen LogP contribution in [0.3, 0.4) is 0 Å². The van der Waals surface area contributed by atoms with Gasteiger partial charge < -0.3 is 19.7 Å². The van der Waals surface area contributed by atoms with Crippen molar-refractivity contribution in [3.8, 4) is 0 Å². The number of hydrogen-bond acceptors (Lipinski definition) is 5. The van der Waals surface area contributed by atoms with Crippen LogP contribution in [0.15, 0.2) is 0 Å². The summed E-state index contributed by atoms with van der Waals surface area (Å²) >= 11 is 0. The second kappa shape index (κ2) is 16.4. The minimum atomic E-state index is -1.92. The molecule has 14 heavy (non-hydrogen) atoms. The maximum atomic E-state index is 9.86. The number of carboxylic acid groups (broad SMARTS) is 2. The molecule has 0 unspecified atom stereocenters. The minimum absolute atomic E-state index is 0. The summed E-state index contributed by atoms with van der Waals surface area (Å²) in [5, 5.41) is 15.4. The molecule has 0 heterocycles. The molecule has 0 aliphatic rings. The van der Waals surface area contributed by atoms with Crippen LogP contribution in [0.5, 0.6) is 0 Å². The zero-order chi connectivity index (χ0) is 8.15. The molecular weight excluding hydrogens is 327 g/mol. The molecule has 0 aliphatic carbocycles. The summed E-state index contributed by atoms with van der Waals surface area (Å²) < 4.78 is 6.47. The molecule has 0 rings (SSSR count). The van der Waals surface area contributed by atoms with E-state index in [1.54, 1.807) is 0 Å². The Kier molecular flexibility index (Phi) is 34.5. The molecule has 0 aromatic carbocycles. The molecule has 68 valence electrons. The van der Waals surface area contributed by atoms with Crippen molar-refractivity contribution >= 4 is 64.6 Å². The molecule has 2 N–H and O–H groups in total. The Hall–Kier alpha value is 0.989. The second-order valence-electron chi connectivity index (χ2n) is 0.986. The number of carbonyl (C=O) groups is 3. The number of hydrogen-bond donors (Lipinski definition) is 2. The van der Waals surface area contributed by atoms with Crippen molar-refractivity contribution in [2.45, 2.75) is 0 Å². The predicted molar refractivity (Wildman–Crippen MR) is 40.7 cm³/mol. The van der Waals surface area contributed by atoms with Gasteiger partial charge in [0.15, 0.2) is 0 Å². The van der Waals surface area contributed by atoms with Crippen molar-refractivity contribution in [3.63, 3.8) is 0 Å². The molecule has 0 aromatic rings. The predicted octanol–water partition coefficient (Wildman–Crippen LogP) is -1.34. The summed E-state index contributed by atoms with van der Waals surface area (Å²) in [5.41, 5.74) is 0. The van der Waals surface area contributed by atoms with Crippen LogP contribution in [0.1, 0.15) is 0 Å². The van der Waals surface area contributed by atoms with Gasteiger partial charge in [0, 0.05) is 39.0 Å². The van der Waals surface area contributed by atoms with E-state index in [0.717, 1.165) is 0 Å². The number of carbonyl (C=O) groups excluding carboxylic acids is 1. The van der Waals surface area contributed by atoms with Gasteiger partial charge in [0.05, 0.1) is 0 Å². The van der Waals surface area contributed by atoms with Gasteiger partial charge in [0.2, 0.25) is 0 Å². The summed E-state index contributed by atoms with van der Waals surface area (Å²) in [7, 11) is 0. The van der Waals surface area contributed by atoms with Crippen LogP contribution in [-0.2, 0) is 48.4 Å². The average Bonchev–Trinajstić information content (AvgIpc) is 1.58. The molecule has 0 saturated carbocycles. The maximum absolute atomic E-state index is 9.86. The van der Waals surface area contributed by atoms with Crippen LogP contribution in [0, 0.1) is 0 Å². The van der Waals surface area contributed by atoms with Gasteiger partial charge in [-0.1, -0.05) is 0 Å². The van der Waals surface area contributed by atoms with E-state index in [4.69, 9.17) is 10.2 Å². The van der Waals surface area contributed by atoms with E-state index in [2.05, 4.69) is 9.47 Å². The molecule has 0 bridgehead atoms. The standard InChI is InChI=1S/C3H2O7.2Mg.2Zn.4H/c4-1(5)9-3(8)10-2(6)7;;;;;;;;/h(H,4,5)(H,6,7);;;;;;;;. The monoisotopic (exact) mass is 330 g/mol. The third-order valence-corrected chi connectivity index (χ3v) is 0.341. The molecule has 0 atom stereocenters. The van der Waals surface area contributed by atoms with Gasteiger partial charge in [-0.2, -0.15) is 0 Å². The summed E-state index contributed by atoms with van der Waals surface area (Å²) in [4.78, 5) is 28.8. The number of ether oxygens (including phenoxy) is 2. The molecule has 0 aromatic heterocycles. The second-order valence-corrected chi connectivity index (χ2v) is 0.986. The summed E-state index contributed by atoms with van der Waals surface area (Å²) in [5.74, 6) is 0. The van der Waals surface area contributed by atoms with Crippen LogP contribution in [0.4, 0.5) is 14.4 Å². The van der Waals surface area contributed by atoms with Gasteiger partial charge in [-0.3, -0.25) is 0 Å². The fraction of sp³-hybridized carbons (Fsp3) is 0. The first-order valence-electron chi connectivity index (χ1n) is 1.88. The molecule has 0 radical (unpaired) electrons. The van der Waals surface area contributed by atoms with E-state index in [-0.39, 0.29) is 85.1 Å². The Morgan fingerprint density at radius 1 is 0.786 bits per heavy atom. The fourth-order valence-electron chi connectivity index (χ4n) is 0.163. The molecular formula is C3H6Mg2O7Zn2. The molecule has 0 saturated heterocycles. The van der Waals surface area contributed by atoms with Crippen LogP contribution in [0.2, 0.25) is 0 Å². The zero-order valence-electron chi connectivity index (χ0n) is 5.85. The SMILES string of the molecule is O=C(O)OC(=O)OC(=O)O.[MgH2].[MgH2].[Zn].[Zn]. The van der Waals surface area contributed by atoms with Crippen molar-refractivity contribution < 1.29 is 73.0 Å². The van der Waals surface area contributed by atoms with E-state index in [1.807, 2.05) is 0 Å². The maximum Gasteiger partial charge on any atom is 0.528 e. The molecule has 11 heteroatoms. The van der Waals surface area contributed by atoms with Crippen molar-refractivity contribution in [1.29, 1.82) is 0 Å². The van der Waals surface area contributed by atoms with E-state index in [0.29, 0.717) is 0 Å². The molecule has 0 spiro atoms. The summed E-state index contributed by atoms with van der Waals surface area (Å²) in [6, 6.07) is 0. The fourth-order valence-corrected chi connectivity index (χ4v) is 0.163. The Morgan fingerprint density at radius 3 is 1.14 bits per heavy atom. The van der Waals surface area contributed by atoms with Crippen molar-refractivity contribution in [2.75, 3.05) is 0 Å². The van der Waals surface area contributed by atoms with Crippen molar-refractivity contribution in [3.05, 3.63) is 0 Å². The third kappa shape index (κ3) is 23.1. The molecule has 0 fully saturated rings. The van der Waals surface area contributed by atoms with E-state index in [9.17, 15) is 14.4 Å². The van der Waals surface area contributed by atoms with Crippen LogP contribution in [-0.4, -0.2) is 74.8 Å². The normalized spacial score (nSPS) is 5.71. The smallest absolute Gasteiger partial charge is 0.449 e. The van der Waals surface area contributed by atoms with E-state index >= 15 is 0 Å². The first-order chi connectivity index (χ1) is 4.52. The first kappa shape index (κ1) is 29.4. The zero-order valence-corrected chi connectivity index (χ0v) is 11.8. The summed E-state index contributed by atoms with van der Waals surface area (Å²) in [6.07, 6.45) is -5.64.